The van der Waals surface area contributed by atoms with Crippen molar-refractivity contribution in [1.82, 2.24) is 0 Å². The molecule has 2 rings (SSSR count). The first-order valence-electron chi connectivity index (χ1n) is 5.62. The van der Waals surface area contributed by atoms with Crippen LogP contribution < -0.4 is 10.0 Å². The third kappa shape index (κ3) is 2.71. The first kappa shape index (κ1) is 14.6. The first-order chi connectivity index (χ1) is 9.32. The molecule has 106 valence electrons. The van der Waals surface area contributed by atoms with Crippen LogP contribution >= 0.6 is 11.6 Å². The van der Waals surface area contributed by atoms with Gasteiger partial charge in [0.05, 0.1) is 21.3 Å². The minimum Gasteiger partial charge on any atom is -0.397 e. The average Bonchev–Trinajstić information content (AvgIpc) is 2.41. The van der Waals surface area contributed by atoms with Crippen molar-refractivity contribution in [3.63, 3.8) is 0 Å². The monoisotopic (exact) mass is 314 g/mol. The van der Waals surface area contributed by atoms with E-state index in [0.29, 0.717) is 5.69 Å². The molecule has 0 saturated heterocycles. The summed E-state index contributed by atoms with van der Waals surface area (Å²) in [6.45, 7) is 0. The smallest absolute Gasteiger partial charge is 0.264 e. The quantitative estimate of drug-likeness (QED) is 0.886. The van der Waals surface area contributed by atoms with Crippen LogP contribution in [0.15, 0.2) is 47.4 Å². The van der Waals surface area contributed by atoms with Crippen LogP contribution in [0.2, 0.25) is 5.02 Å². The Kier molecular flexibility index (Phi) is 3.87. The van der Waals surface area contributed by atoms with E-state index >= 15 is 0 Å². The molecular weight excluding hydrogens is 303 g/mol. The summed E-state index contributed by atoms with van der Waals surface area (Å²) in [5, 5.41) is 0.286. The van der Waals surface area contributed by atoms with Crippen molar-refractivity contribution in [3.05, 3.63) is 53.3 Å². The maximum absolute atomic E-state index is 12.9. The summed E-state index contributed by atoms with van der Waals surface area (Å²) in [6, 6.07) is 9.22. The van der Waals surface area contributed by atoms with Crippen molar-refractivity contribution in [2.45, 2.75) is 4.90 Å². The molecule has 2 aromatic carbocycles. The number of hydrogen-bond donors (Lipinski definition) is 1. The maximum Gasteiger partial charge on any atom is 0.264 e. The molecule has 0 radical (unpaired) electrons. The minimum atomic E-state index is -3.77. The molecule has 0 unspecified atom stereocenters. The van der Waals surface area contributed by atoms with E-state index in [1.54, 1.807) is 0 Å². The number of benzene rings is 2. The number of nitrogen functional groups attached to an aromatic ring is 1. The molecule has 0 fully saturated rings. The molecule has 20 heavy (non-hydrogen) atoms. The van der Waals surface area contributed by atoms with Gasteiger partial charge in [-0.05, 0) is 42.5 Å². The predicted octanol–water partition coefficient (Wildman–Crippen LogP) is 2.89. The number of hydrogen-bond acceptors (Lipinski definition) is 3. The predicted molar refractivity (Wildman–Crippen MR) is 77.9 cm³/mol. The van der Waals surface area contributed by atoms with Crippen LogP contribution in [0.3, 0.4) is 0 Å². The highest BCUT2D eigenvalue weighted by Crippen LogP contribution is 2.26. The molecule has 0 bridgehead atoms. The van der Waals surface area contributed by atoms with E-state index in [1.165, 1.54) is 49.5 Å². The van der Waals surface area contributed by atoms with E-state index in [4.69, 9.17) is 17.3 Å². The van der Waals surface area contributed by atoms with Gasteiger partial charge in [0, 0.05) is 7.05 Å². The molecule has 0 saturated carbocycles. The Balaban J connectivity index is 2.43. The van der Waals surface area contributed by atoms with Gasteiger partial charge in [-0.2, -0.15) is 0 Å². The van der Waals surface area contributed by atoms with E-state index in [2.05, 4.69) is 0 Å². The third-order valence-electron chi connectivity index (χ3n) is 2.82. The standard InChI is InChI=1S/C13H12ClFN2O2S/c1-17(10-4-2-9(15)3-5-10)20(18,19)11-6-7-12(14)13(16)8-11/h2-8H,16H2,1H3. The highest BCUT2D eigenvalue weighted by Gasteiger charge is 2.21. The summed E-state index contributed by atoms with van der Waals surface area (Å²) in [5.41, 5.74) is 6.14. The van der Waals surface area contributed by atoms with E-state index in [9.17, 15) is 12.8 Å². The Labute approximate surface area is 121 Å². The van der Waals surface area contributed by atoms with Crippen molar-refractivity contribution < 1.29 is 12.8 Å². The number of halogens is 2. The van der Waals surface area contributed by atoms with Crippen molar-refractivity contribution in [1.29, 1.82) is 0 Å². The van der Waals surface area contributed by atoms with Crippen LogP contribution in [0.25, 0.3) is 0 Å². The zero-order valence-corrected chi connectivity index (χ0v) is 12.1. The highest BCUT2D eigenvalue weighted by molar-refractivity contribution is 7.92. The molecule has 0 spiro atoms. The van der Waals surface area contributed by atoms with Gasteiger partial charge >= 0.3 is 0 Å². The second-order valence-corrected chi connectivity index (χ2v) is 6.51. The third-order valence-corrected chi connectivity index (χ3v) is 4.94. The molecule has 4 nitrogen and oxygen atoms in total. The summed E-state index contributed by atoms with van der Waals surface area (Å²) in [6.07, 6.45) is 0. The van der Waals surface area contributed by atoms with Gasteiger partial charge in [0.2, 0.25) is 0 Å². The molecule has 2 aromatic rings. The Bertz CT molecular complexity index is 733. The lowest BCUT2D eigenvalue weighted by atomic mass is 10.3. The highest BCUT2D eigenvalue weighted by atomic mass is 35.5. The van der Waals surface area contributed by atoms with E-state index in [-0.39, 0.29) is 15.6 Å². The van der Waals surface area contributed by atoms with Crippen molar-refractivity contribution >= 4 is 33.0 Å². The lowest BCUT2D eigenvalue weighted by Crippen LogP contribution is -2.26. The fourth-order valence-electron chi connectivity index (χ4n) is 1.63. The van der Waals surface area contributed by atoms with E-state index in [0.717, 1.165) is 4.31 Å². The number of rotatable bonds is 3. The van der Waals surface area contributed by atoms with Crippen molar-refractivity contribution in [3.8, 4) is 0 Å². The maximum atomic E-state index is 12.9. The zero-order valence-electron chi connectivity index (χ0n) is 10.5. The van der Waals surface area contributed by atoms with Crippen LogP contribution in [-0.4, -0.2) is 15.5 Å². The van der Waals surface area contributed by atoms with Crippen LogP contribution in [0.1, 0.15) is 0 Å². The Hall–Kier alpha value is -1.79. The summed E-state index contributed by atoms with van der Waals surface area (Å²) < 4.78 is 38.7. The van der Waals surface area contributed by atoms with Crippen LogP contribution in [0.5, 0.6) is 0 Å². The fourth-order valence-corrected chi connectivity index (χ4v) is 2.98. The minimum absolute atomic E-state index is 0.0197. The van der Waals surface area contributed by atoms with Gasteiger partial charge in [-0.1, -0.05) is 11.6 Å². The molecule has 0 aliphatic heterocycles. The van der Waals surface area contributed by atoms with Gasteiger partial charge in [-0.15, -0.1) is 0 Å². The number of nitrogens with two attached hydrogens (primary N) is 1. The Morgan fingerprint density at radius 2 is 1.75 bits per heavy atom. The summed E-state index contributed by atoms with van der Waals surface area (Å²) >= 11 is 5.77. The summed E-state index contributed by atoms with van der Waals surface area (Å²) in [5.74, 6) is -0.435. The number of sulfonamides is 1. The molecule has 0 atom stereocenters. The SMILES string of the molecule is CN(c1ccc(F)cc1)S(=O)(=O)c1ccc(Cl)c(N)c1. The number of nitrogens with zero attached hydrogens (tertiary/aromatic N) is 1. The van der Waals surface area contributed by atoms with Gasteiger partial charge in [0.1, 0.15) is 5.82 Å². The topological polar surface area (TPSA) is 63.4 Å². The largest absolute Gasteiger partial charge is 0.397 e. The molecule has 0 aliphatic carbocycles. The average molecular weight is 315 g/mol. The van der Waals surface area contributed by atoms with Gasteiger partial charge in [0.15, 0.2) is 0 Å². The second kappa shape index (κ2) is 5.30. The van der Waals surface area contributed by atoms with Gasteiger partial charge in [-0.3, -0.25) is 4.31 Å². The molecule has 0 amide bonds. The molecule has 7 heteroatoms. The van der Waals surface area contributed by atoms with Gasteiger partial charge in [-0.25, -0.2) is 12.8 Å². The van der Waals surface area contributed by atoms with E-state index < -0.39 is 15.8 Å². The van der Waals surface area contributed by atoms with Crippen molar-refractivity contribution in [2.24, 2.45) is 0 Å². The van der Waals surface area contributed by atoms with Crippen molar-refractivity contribution in [2.75, 3.05) is 17.1 Å². The molecular formula is C13H12ClFN2O2S. The second-order valence-electron chi connectivity index (χ2n) is 4.13. The van der Waals surface area contributed by atoms with Crippen LogP contribution in [0.4, 0.5) is 15.8 Å². The van der Waals surface area contributed by atoms with Gasteiger partial charge in [0.25, 0.3) is 10.0 Å². The molecule has 2 N–H and O–H groups in total. The lowest BCUT2D eigenvalue weighted by Gasteiger charge is -2.19. The Morgan fingerprint density at radius 3 is 2.30 bits per heavy atom. The van der Waals surface area contributed by atoms with Crippen LogP contribution in [0, 0.1) is 5.82 Å². The van der Waals surface area contributed by atoms with E-state index in [1.807, 2.05) is 0 Å². The normalized spacial score (nSPS) is 11.3. The zero-order chi connectivity index (χ0) is 14.9. The molecule has 0 heterocycles. The lowest BCUT2D eigenvalue weighted by molar-refractivity contribution is 0.594. The summed E-state index contributed by atoms with van der Waals surface area (Å²) in [7, 11) is -2.39. The summed E-state index contributed by atoms with van der Waals surface area (Å²) in [4.78, 5) is 0.0197. The number of anilines is 2. The van der Waals surface area contributed by atoms with Crippen LogP contribution in [-0.2, 0) is 10.0 Å². The first-order valence-corrected chi connectivity index (χ1v) is 7.43. The van der Waals surface area contributed by atoms with Gasteiger partial charge < -0.3 is 5.73 Å². The molecule has 0 aliphatic rings. The molecule has 0 aromatic heterocycles. The Morgan fingerprint density at radius 1 is 1.15 bits per heavy atom. The fraction of sp³-hybridized carbons (Fsp3) is 0.0769.